The van der Waals surface area contributed by atoms with Gasteiger partial charge < -0.3 is 4.74 Å². The van der Waals surface area contributed by atoms with Crippen LogP contribution in [0.4, 0.5) is 4.39 Å². The van der Waals surface area contributed by atoms with Crippen molar-refractivity contribution >= 4 is 27.7 Å². The molecule has 1 aliphatic rings. The van der Waals surface area contributed by atoms with E-state index in [0.29, 0.717) is 23.6 Å². The number of thioether (sulfide) groups is 1. The molecule has 1 heterocycles. The van der Waals surface area contributed by atoms with Crippen molar-refractivity contribution in [2.24, 2.45) is 0 Å². The fourth-order valence-corrected chi connectivity index (χ4v) is 4.05. The molecule has 104 valence electrons. The minimum absolute atomic E-state index is 0.291. The highest BCUT2D eigenvalue weighted by atomic mass is 79.9. The normalized spacial score (nSPS) is 17.0. The van der Waals surface area contributed by atoms with E-state index < -0.39 is 0 Å². The second-order valence-electron chi connectivity index (χ2n) is 4.72. The van der Waals surface area contributed by atoms with E-state index in [9.17, 15) is 4.39 Å². The van der Waals surface area contributed by atoms with E-state index in [4.69, 9.17) is 4.74 Å². The summed E-state index contributed by atoms with van der Waals surface area (Å²) in [5.41, 5.74) is 2.16. The van der Waals surface area contributed by atoms with Crippen molar-refractivity contribution in [1.29, 1.82) is 0 Å². The molecule has 0 N–H and O–H groups in total. The first-order chi connectivity index (χ1) is 9.79. The fraction of sp³-hybridized carbons (Fsp3) is 0.250. The van der Waals surface area contributed by atoms with Gasteiger partial charge in [-0.3, -0.25) is 0 Å². The van der Waals surface area contributed by atoms with E-state index >= 15 is 0 Å². The van der Waals surface area contributed by atoms with Gasteiger partial charge in [-0.1, -0.05) is 46.3 Å². The van der Waals surface area contributed by atoms with Crippen LogP contribution >= 0.6 is 27.7 Å². The number of rotatable bonds is 4. The zero-order chi connectivity index (χ0) is 13.9. The molecule has 0 bridgehead atoms. The SMILES string of the molecule is Fc1cccc(CBr)c1OCC1CSc2ccccc21. The molecule has 4 heteroatoms. The molecule has 20 heavy (non-hydrogen) atoms. The number of alkyl halides is 1. The monoisotopic (exact) mass is 352 g/mol. The second kappa shape index (κ2) is 6.19. The summed E-state index contributed by atoms with van der Waals surface area (Å²) in [5, 5.41) is 0.593. The average Bonchev–Trinajstić information content (AvgIpc) is 2.89. The van der Waals surface area contributed by atoms with E-state index in [0.717, 1.165) is 11.3 Å². The lowest BCUT2D eigenvalue weighted by Crippen LogP contribution is -2.11. The molecule has 0 aliphatic carbocycles. The summed E-state index contributed by atoms with van der Waals surface area (Å²) in [4.78, 5) is 1.32. The predicted molar refractivity (Wildman–Crippen MR) is 84.4 cm³/mol. The van der Waals surface area contributed by atoms with Gasteiger partial charge in [0.25, 0.3) is 0 Å². The number of halogens is 2. The molecule has 0 saturated carbocycles. The van der Waals surface area contributed by atoms with Crippen LogP contribution in [-0.4, -0.2) is 12.4 Å². The highest BCUT2D eigenvalue weighted by molar-refractivity contribution is 9.08. The van der Waals surface area contributed by atoms with E-state index in [-0.39, 0.29) is 5.82 Å². The maximum atomic E-state index is 13.9. The Labute approximate surface area is 130 Å². The lowest BCUT2D eigenvalue weighted by molar-refractivity contribution is 0.282. The van der Waals surface area contributed by atoms with Gasteiger partial charge in [0.1, 0.15) is 0 Å². The standard InChI is InChI=1S/C16H14BrFOS/c17-8-11-4-3-6-14(18)16(11)19-9-12-10-20-15-7-2-1-5-13(12)15/h1-7,12H,8-10H2. The third kappa shape index (κ3) is 2.72. The van der Waals surface area contributed by atoms with Crippen molar-refractivity contribution in [2.45, 2.75) is 16.1 Å². The molecule has 2 aromatic rings. The maximum Gasteiger partial charge on any atom is 0.165 e. The van der Waals surface area contributed by atoms with Crippen LogP contribution in [0.1, 0.15) is 17.0 Å². The molecule has 1 unspecified atom stereocenters. The number of hydrogen-bond donors (Lipinski definition) is 0. The van der Waals surface area contributed by atoms with Crippen molar-refractivity contribution in [3.8, 4) is 5.75 Å². The fourth-order valence-electron chi connectivity index (χ4n) is 2.37. The molecule has 0 spiro atoms. The van der Waals surface area contributed by atoms with Crippen LogP contribution in [0, 0.1) is 5.82 Å². The summed E-state index contributed by atoms with van der Waals surface area (Å²) < 4.78 is 19.6. The van der Waals surface area contributed by atoms with Gasteiger partial charge in [-0.05, 0) is 17.7 Å². The van der Waals surface area contributed by atoms with Crippen LogP contribution < -0.4 is 4.74 Å². The Balaban J connectivity index is 1.75. The third-order valence-corrected chi connectivity index (χ3v) is 5.28. The lowest BCUT2D eigenvalue weighted by atomic mass is 10.0. The van der Waals surface area contributed by atoms with Gasteiger partial charge >= 0.3 is 0 Å². The summed E-state index contributed by atoms with van der Waals surface area (Å²) in [5.74, 6) is 1.41. The van der Waals surface area contributed by atoms with Gasteiger partial charge in [-0.15, -0.1) is 11.8 Å². The Bertz CT molecular complexity index is 617. The van der Waals surface area contributed by atoms with Crippen molar-refractivity contribution in [1.82, 2.24) is 0 Å². The predicted octanol–water partition coefficient (Wildman–Crippen LogP) is 4.99. The van der Waals surface area contributed by atoms with Crippen LogP contribution in [0.5, 0.6) is 5.75 Å². The Morgan fingerprint density at radius 1 is 1.20 bits per heavy atom. The molecule has 0 aromatic heterocycles. The van der Waals surface area contributed by atoms with E-state index in [1.54, 1.807) is 6.07 Å². The number of para-hydroxylation sites is 1. The van der Waals surface area contributed by atoms with Crippen LogP contribution in [0.25, 0.3) is 0 Å². The molecule has 0 radical (unpaired) electrons. The Morgan fingerprint density at radius 3 is 2.90 bits per heavy atom. The van der Waals surface area contributed by atoms with Gasteiger partial charge in [-0.2, -0.15) is 0 Å². The highest BCUT2D eigenvalue weighted by Crippen LogP contribution is 2.39. The quantitative estimate of drug-likeness (QED) is 0.717. The van der Waals surface area contributed by atoms with Crippen molar-refractivity contribution in [3.63, 3.8) is 0 Å². The minimum atomic E-state index is -0.291. The first-order valence-electron chi connectivity index (χ1n) is 6.47. The molecule has 0 fully saturated rings. The second-order valence-corrected chi connectivity index (χ2v) is 6.34. The third-order valence-electron chi connectivity index (χ3n) is 3.42. The molecule has 1 atom stereocenters. The summed E-state index contributed by atoms with van der Waals surface area (Å²) in [7, 11) is 0. The number of fused-ring (bicyclic) bond motifs is 1. The Morgan fingerprint density at radius 2 is 2.05 bits per heavy atom. The van der Waals surface area contributed by atoms with Crippen LogP contribution in [-0.2, 0) is 5.33 Å². The molecule has 3 rings (SSSR count). The number of hydrogen-bond acceptors (Lipinski definition) is 2. The number of ether oxygens (including phenoxy) is 1. The van der Waals surface area contributed by atoms with Crippen LogP contribution in [0.2, 0.25) is 0 Å². The van der Waals surface area contributed by atoms with Gasteiger partial charge in [0.15, 0.2) is 11.6 Å². The topological polar surface area (TPSA) is 9.23 Å². The zero-order valence-corrected chi connectivity index (χ0v) is 13.2. The molecular formula is C16H14BrFOS. The Kier molecular flexibility index (Phi) is 4.32. The van der Waals surface area contributed by atoms with Crippen LogP contribution in [0.3, 0.4) is 0 Å². The van der Waals surface area contributed by atoms with Gasteiger partial charge in [-0.25, -0.2) is 4.39 Å². The summed E-state index contributed by atoms with van der Waals surface area (Å²) in [6.45, 7) is 0.519. The Hall–Kier alpha value is -1.00. The maximum absolute atomic E-state index is 13.9. The van der Waals surface area contributed by atoms with Crippen molar-refractivity contribution in [3.05, 3.63) is 59.4 Å². The minimum Gasteiger partial charge on any atom is -0.490 e. The highest BCUT2D eigenvalue weighted by Gasteiger charge is 2.24. The average molecular weight is 353 g/mol. The molecule has 2 aromatic carbocycles. The molecule has 1 nitrogen and oxygen atoms in total. The zero-order valence-electron chi connectivity index (χ0n) is 10.8. The van der Waals surface area contributed by atoms with Gasteiger partial charge in [0, 0.05) is 27.5 Å². The number of benzene rings is 2. The summed E-state index contributed by atoms with van der Waals surface area (Å²) in [6.07, 6.45) is 0. The van der Waals surface area contributed by atoms with Crippen molar-refractivity contribution < 1.29 is 9.13 Å². The van der Waals surface area contributed by atoms with E-state index in [2.05, 4.69) is 34.1 Å². The van der Waals surface area contributed by atoms with Crippen molar-refractivity contribution in [2.75, 3.05) is 12.4 Å². The first-order valence-corrected chi connectivity index (χ1v) is 8.58. The van der Waals surface area contributed by atoms with E-state index in [1.165, 1.54) is 16.5 Å². The smallest absolute Gasteiger partial charge is 0.165 e. The lowest BCUT2D eigenvalue weighted by Gasteiger charge is -2.15. The molecule has 0 amide bonds. The molecule has 1 aliphatic heterocycles. The van der Waals surface area contributed by atoms with Gasteiger partial charge in [0.05, 0.1) is 6.61 Å². The largest absolute Gasteiger partial charge is 0.490 e. The first kappa shape index (κ1) is 14.0. The van der Waals surface area contributed by atoms with Gasteiger partial charge in [0.2, 0.25) is 0 Å². The molecular weight excluding hydrogens is 339 g/mol. The van der Waals surface area contributed by atoms with E-state index in [1.807, 2.05) is 23.9 Å². The molecule has 0 saturated heterocycles. The summed E-state index contributed by atoms with van der Waals surface area (Å²) >= 11 is 5.21. The summed E-state index contributed by atoms with van der Waals surface area (Å²) in [6, 6.07) is 13.4. The van der Waals surface area contributed by atoms with Crippen LogP contribution in [0.15, 0.2) is 47.4 Å².